The van der Waals surface area contributed by atoms with Gasteiger partial charge in [0.1, 0.15) is 28.5 Å². The summed E-state index contributed by atoms with van der Waals surface area (Å²) >= 11 is 0. The van der Waals surface area contributed by atoms with Crippen LogP contribution in [-0.2, 0) is 0 Å². The van der Waals surface area contributed by atoms with E-state index in [0.717, 1.165) is 12.1 Å². The Labute approximate surface area is 197 Å². The van der Waals surface area contributed by atoms with Crippen molar-refractivity contribution in [3.63, 3.8) is 0 Å². The second kappa shape index (κ2) is 9.72. The number of carbonyl (C=O) groups excluding carboxylic acids is 1. The highest BCUT2D eigenvalue weighted by Gasteiger charge is 2.23. The molecule has 172 valence electrons. The molecule has 2 aromatic carbocycles. The van der Waals surface area contributed by atoms with Gasteiger partial charge in [-0.3, -0.25) is 4.79 Å². The minimum atomic E-state index is -1.05. The van der Waals surface area contributed by atoms with Crippen molar-refractivity contribution in [1.82, 2.24) is 10.3 Å². The van der Waals surface area contributed by atoms with Crippen LogP contribution in [0.25, 0.3) is 0 Å². The van der Waals surface area contributed by atoms with Gasteiger partial charge in [-0.1, -0.05) is 24.0 Å². The molecular weight excluding hydrogens is 436 g/mol. The molecule has 2 N–H and O–H groups in total. The van der Waals surface area contributed by atoms with Gasteiger partial charge in [0.05, 0.1) is 12.1 Å². The lowest BCUT2D eigenvalue weighted by molar-refractivity contribution is 0.0937. The second-order valence-electron chi connectivity index (χ2n) is 8.49. The van der Waals surface area contributed by atoms with E-state index in [2.05, 4.69) is 28.2 Å². The first kappa shape index (κ1) is 24.4. The molecular formula is C27H23F2N3O2. The number of benzene rings is 2. The fraction of sp³-hybridized carbons (Fsp3) is 0.222. The number of amides is 1. The van der Waals surface area contributed by atoms with Gasteiger partial charge in [-0.15, -0.1) is 0 Å². The summed E-state index contributed by atoms with van der Waals surface area (Å²) in [7, 11) is 0. The van der Waals surface area contributed by atoms with Gasteiger partial charge in [0.15, 0.2) is 0 Å². The third-order valence-electron chi connectivity index (χ3n) is 5.09. The molecule has 3 aromatic rings. The Morgan fingerprint density at radius 1 is 1.12 bits per heavy atom. The van der Waals surface area contributed by atoms with Crippen molar-refractivity contribution in [3.05, 3.63) is 93.8 Å². The minimum absolute atomic E-state index is 0.0348. The summed E-state index contributed by atoms with van der Waals surface area (Å²) in [5.74, 6) is 3.74. The number of pyridine rings is 1. The van der Waals surface area contributed by atoms with Crippen LogP contribution in [0.5, 0.6) is 5.75 Å². The van der Waals surface area contributed by atoms with Crippen LogP contribution in [0, 0.1) is 54.1 Å². The van der Waals surface area contributed by atoms with E-state index in [1.165, 1.54) is 24.3 Å². The number of hydrogen-bond donors (Lipinski definition) is 2. The Hall–Kier alpha value is -4.23. The number of nitrogens with zero attached hydrogens (tertiary/aromatic N) is 2. The fourth-order valence-corrected chi connectivity index (χ4v) is 3.20. The van der Waals surface area contributed by atoms with Gasteiger partial charge in [0, 0.05) is 16.8 Å². The highest BCUT2D eigenvalue weighted by Crippen LogP contribution is 2.31. The number of rotatable bonds is 4. The molecule has 0 saturated carbocycles. The lowest BCUT2D eigenvalue weighted by Gasteiger charge is -2.21. The van der Waals surface area contributed by atoms with E-state index >= 15 is 0 Å². The van der Waals surface area contributed by atoms with Crippen LogP contribution >= 0.6 is 0 Å². The number of nitriles is 1. The van der Waals surface area contributed by atoms with E-state index in [1.54, 1.807) is 39.8 Å². The van der Waals surface area contributed by atoms with Crippen molar-refractivity contribution in [2.75, 3.05) is 0 Å². The third kappa shape index (κ3) is 5.76. The van der Waals surface area contributed by atoms with Crippen LogP contribution in [-0.4, -0.2) is 16.0 Å². The van der Waals surface area contributed by atoms with E-state index in [1.807, 2.05) is 0 Å². The SMILES string of the molecule is Cc1cc(C#CC(C)(C)C#N)cc(C(=O)N[C@@H](c2ccc(C)c(F)c2)c2cc(F)ccc2O)n1. The van der Waals surface area contributed by atoms with Crippen molar-refractivity contribution in [2.24, 2.45) is 5.41 Å². The van der Waals surface area contributed by atoms with Crippen molar-refractivity contribution in [1.29, 1.82) is 5.26 Å². The smallest absolute Gasteiger partial charge is 0.270 e. The first-order valence-electron chi connectivity index (χ1n) is 10.5. The highest BCUT2D eigenvalue weighted by atomic mass is 19.1. The number of phenols is 1. The quantitative estimate of drug-likeness (QED) is 0.532. The molecule has 1 heterocycles. The molecule has 5 nitrogen and oxygen atoms in total. The third-order valence-corrected chi connectivity index (χ3v) is 5.09. The first-order chi connectivity index (χ1) is 16.0. The van der Waals surface area contributed by atoms with Gasteiger partial charge >= 0.3 is 0 Å². The largest absolute Gasteiger partial charge is 0.508 e. The Morgan fingerprint density at radius 3 is 2.53 bits per heavy atom. The van der Waals surface area contributed by atoms with Crippen LogP contribution in [0.4, 0.5) is 8.78 Å². The van der Waals surface area contributed by atoms with Gasteiger partial charge in [0.2, 0.25) is 0 Å². The number of nitrogens with one attached hydrogen (secondary N) is 1. The van der Waals surface area contributed by atoms with Gasteiger partial charge in [-0.2, -0.15) is 5.26 Å². The number of phenolic OH excluding ortho intramolecular Hbond substituents is 1. The zero-order chi connectivity index (χ0) is 25.0. The molecule has 1 amide bonds. The molecule has 0 saturated heterocycles. The molecule has 1 atom stereocenters. The normalized spacial score (nSPS) is 11.7. The summed E-state index contributed by atoms with van der Waals surface area (Å²) in [6.45, 7) is 6.65. The summed E-state index contributed by atoms with van der Waals surface area (Å²) in [5, 5.41) is 22.2. The molecule has 0 aliphatic rings. The fourth-order valence-electron chi connectivity index (χ4n) is 3.20. The molecule has 0 radical (unpaired) electrons. The summed E-state index contributed by atoms with van der Waals surface area (Å²) in [6.07, 6.45) is 0. The molecule has 0 bridgehead atoms. The van der Waals surface area contributed by atoms with E-state index < -0.39 is 29.0 Å². The molecule has 0 aliphatic heterocycles. The zero-order valence-corrected chi connectivity index (χ0v) is 19.2. The summed E-state index contributed by atoms with van der Waals surface area (Å²) in [6, 6.07) is 11.9. The lowest BCUT2D eigenvalue weighted by Crippen LogP contribution is -2.30. The number of aromatic nitrogens is 1. The maximum absolute atomic E-state index is 14.3. The van der Waals surface area contributed by atoms with Crippen molar-refractivity contribution >= 4 is 5.91 Å². The van der Waals surface area contributed by atoms with Crippen molar-refractivity contribution in [3.8, 4) is 23.7 Å². The number of hydrogen-bond acceptors (Lipinski definition) is 4. The van der Waals surface area contributed by atoms with E-state index in [4.69, 9.17) is 5.26 Å². The molecule has 3 rings (SSSR count). The van der Waals surface area contributed by atoms with Crippen LogP contribution in [0.2, 0.25) is 0 Å². The maximum atomic E-state index is 14.3. The Morgan fingerprint density at radius 2 is 1.85 bits per heavy atom. The van der Waals surface area contributed by atoms with E-state index in [9.17, 15) is 18.7 Å². The van der Waals surface area contributed by atoms with Gasteiger partial charge in [0.25, 0.3) is 5.91 Å². The topological polar surface area (TPSA) is 86.0 Å². The predicted octanol–water partition coefficient (Wildman–Crippen LogP) is 5.10. The standard InChI is InChI=1S/C27H23F2N3O2/c1-16-5-6-19(13-22(16)29)25(21-14-20(28)7-8-24(21)33)32-26(34)23-12-18(11-17(2)31-23)9-10-27(3,4)15-30/h5-8,11-14,25,33H,1-4H3,(H,32,34)/t25-/m0/s1. The van der Waals surface area contributed by atoms with Gasteiger partial charge in [-0.05, 0) is 75.2 Å². The second-order valence-corrected chi connectivity index (χ2v) is 8.49. The predicted molar refractivity (Wildman–Crippen MR) is 124 cm³/mol. The number of aromatic hydroxyl groups is 1. The van der Waals surface area contributed by atoms with Crippen molar-refractivity contribution < 1.29 is 18.7 Å². The Balaban J connectivity index is 2.03. The summed E-state index contributed by atoms with van der Waals surface area (Å²) in [5.41, 5.74) is 0.982. The molecule has 1 aromatic heterocycles. The van der Waals surface area contributed by atoms with Crippen LogP contribution in [0.15, 0.2) is 48.5 Å². The summed E-state index contributed by atoms with van der Waals surface area (Å²) in [4.78, 5) is 17.4. The Bertz CT molecular complexity index is 1360. The van der Waals surface area contributed by atoms with E-state index in [-0.39, 0.29) is 17.0 Å². The molecule has 0 fully saturated rings. The summed E-state index contributed by atoms with van der Waals surface area (Å²) < 4.78 is 28.3. The molecule has 0 aliphatic carbocycles. The van der Waals surface area contributed by atoms with E-state index in [0.29, 0.717) is 22.4 Å². The van der Waals surface area contributed by atoms with Gasteiger partial charge < -0.3 is 10.4 Å². The zero-order valence-electron chi connectivity index (χ0n) is 19.2. The maximum Gasteiger partial charge on any atom is 0.270 e. The molecule has 0 unspecified atom stereocenters. The molecule has 0 spiro atoms. The van der Waals surface area contributed by atoms with Crippen molar-refractivity contribution in [2.45, 2.75) is 33.7 Å². The van der Waals surface area contributed by atoms with Crippen LogP contribution in [0.3, 0.4) is 0 Å². The molecule has 34 heavy (non-hydrogen) atoms. The number of halogens is 2. The average molecular weight is 459 g/mol. The minimum Gasteiger partial charge on any atom is -0.508 e. The number of aryl methyl sites for hydroxylation is 2. The number of carbonyl (C=O) groups is 1. The van der Waals surface area contributed by atoms with Crippen LogP contribution in [0.1, 0.15) is 58.3 Å². The monoisotopic (exact) mass is 459 g/mol. The van der Waals surface area contributed by atoms with Crippen LogP contribution < -0.4 is 5.32 Å². The first-order valence-corrected chi connectivity index (χ1v) is 10.5. The molecule has 7 heteroatoms. The van der Waals surface area contributed by atoms with Gasteiger partial charge in [-0.25, -0.2) is 13.8 Å². The lowest BCUT2D eigenvalue weighted by atomic mass is 9.96. The Kier molecular flexibility index (Phi) is 6.98. The highest BCUT2D eigenvalue weighted by molar-refractivity contribution is 5.93. The average Bonchev–Trinajstić information content (AvgIpc) is 2.79.